The van der Waals surface area contributed by atoms with Gasteiger partial charge in [-0.3, -0.25) is 0 Å². The van der Waals surface area contributed by atoms with Crippen molar-refractivity contribution in [3.63, 3.8) is 0 Å². The van der Waals surface area contributed by atoms with Crippen LogP contribution in [-0.2, 0) is 6.42 Å². The molecule has 0 bridgehead atoms. The number of ether oxygens (including phenoxy) is 1. The minimum Gasteiger partial charge on any atom is -0.492 e. The molecule has 0 aliphatic carbocycles. The van der Waals surface area contributed by atoms with E-state index >= 15 is 0 Å². The van der Waals surface area contributed by atoms with Crippen LogP contribution in [0.1, 0.15) is 16.7 Å². The topological polar surface area (TPSA) is 21.3 Å². The van der Waals surface area contributed by atoms with Gasteiger partial charge in [-0.05, 0) is 72.5 Å². The summed E-state index contributed by atoms with van der Waals surface area (Å²) < 4.78 is 6.94. The van der Waals surface area contributed by atoms with E-state index in [1.54, 1.807) is 11.3 Å². The van der Waals surface area contributed by atoms with Crippen LogP contribution in [-0.4, -0.2) is 19.7 Å². The van der Waals surface area contributed by atoms with Crippen LogP contribution in [0.3, 0.4) is 0 Å². The lowest BCUT2D eigenvalue weighted by Crippen LogP contribution is -2.23. The molecule has 0 aliphatic rings. The normalized spacial score (nSPS) is 10.8. The molecule has 4 heteroatoms. The lowest BCUT2D eigenvalue weighted by atomic mass is 10.1. The third-order valence-electron chi connectivity index (χ3n) is 3.13. The zero-order chi connectivity index (χ0) is 14.4. The van der Waals surface area contributed by atoms with Gasteiger partial charge in [0.2, 0.25) is 0 Å². The van der Waals surface area contributed by atoms with E-state index in [2.05, 4.69) is 64.1 Å². The quantitative estimate of drug-likeness (QED) is 0.747. The highest BCUT2D eigenvalue weighted by atomic mass is 79.9. The largest absolute Gasteiger partial charge is 0.492 e. The fourth-order valence-electron chi connectivity index (χ4n) is 2.02. The number of halogens is 1. The Morgan fingerprint density at radius 1 is 1.20 bits per heavy atom. The zero-order valence-electron chi connectivity index (χ0n) is 11.9. The SMILES string of the molecule is Cc1cc(OCCNCCc2ccsc2)cc(C)c1Br. The monoisotopic (exact) mass is 353 g/mol. The molecule has 2 aromatic rings. The van der Waals surface area contributed by atoms with Crippen LogP contribution in [0.4, 0.5) is 0 Å². The predicted octanol–water partition coefficient (Wildman–Crippen LogP) is 4.34. The molecule has 0 saturated carbocycles. The highest BCUT2D eigenvalue weighted by Gasteiger charge is 2.02. The van der Waals surface area contributed by atoms with E-state index < -0.39 is 0 Å². The van der Waals surface area contributed by atoms with Crippen LogP contribution in [0.15, 0.2) is 33.4 Å². The number of benzene rings is 1. The summed E-state index contributed by atoms with van der Waals surface area (Å²) in [4.78, 5) is 0. The summed E-state index contributed by atoms with van der Waals surface area (Å²) in [6.07, 6.45) is 1.08. The first-order valence-corrected chi connectivity index (χ1v) is 8.52. The first-order chi connectivity index (χ1) is 9.66. The molecule has 0 saturated heterocycles. The molecular weight excluding hydrogens is 334 g/mol. The maximum Gasteiger partial charge on any atom is 0.119 e. The highest BCUT2D eigenvalue weighted by Crippen LogP contribution is 2.26. The van der Waals surface area contributed by atoms with E-state index in [0.29, 0.717) is 6.61 Å². The number of nitrogens with one attached hydrogen (secondary N) is 1. The summed E-state index contributed by atoms with van der Waals surface area (Å²) in [6.45, 7) is 6.74. The van der Waals surface area contributed by atoms with Crippen LogP contribution in [0, 0.1) is 13.8 Å². The van der Waals surface area contributed by atoms with Crippen molar-refractivity contribution in [3.05, 3.63) is 50.1 Å². The molecular formula is C16H20BrNOS. The number of thiophene rings is 1. The summed E-state index contributed by atoms with van der Waals surface area (Å²) in [5, 5.41) is 7.73. The Hall–Kier alpha value is -0.840. The molecule has 0 radical (unpaired) electrons. The van der Waals surface area contributed by atoms with Gasteiger partial charge in [-0.25, -0.2) is 0 Å². The fourth-order valence-corrected chi connectivity index (χ4v) is 2.96. The fraction of sp³-hybridized carbons (Fsp3) is 0.375. The molecule has 2 rings (SSSR count). The summed E-state index contributed by atoms with van der Waals surface area (Å²) >= 11 is 5.32. The van der Waals surface area contributed by atoms with E-state index in [4.69, 9.17) is 4.74 Å². The molecule has 2 nitrogen and oxygen atoms in total. The standard InChI is InChI=1S/C16H20BrNOS/c1-12-9-15(10-13(2)16(12)17)19-7-6-18-5-3-14-4-8-20-11-14/h4,8-11,18H,3,5-7H2,1-2H3. The molecule has 1 aromatic carbocycles. The van der Waals surface area contributed by atoms with Gasteiger partial charge >= 0.3 is 0 Å². The third-order valence-corrected chi connectivity index (χ3v) is 5.11. The van der Waals surface area contributed by atoms with Gasteiger partial charge in [-0.2, -0.15) is 11.3 Å². The van der Waals surface area contributed by atoms with E-state index in [1.165, 1.54) is 21.2 Å². The molecule has 0 aliphatic heterocycles. The maximum atomic E-state index is 5.78. The molecule has 108 valence electrons. The van der Waals surface area contributed by atoms with E-state index in [-0.39, 0.29) is 0 Å². The summed E-state index contributed by atoms with van der Waals surface area (Å²) in [6, 6.07) is 6.32. The van der Waals surface area contributed by atoms with Crippen molar-refractivity contribution in [2.75, 3.05) is 19.7 Å². The minimum absolute atomic E-state index is 0.699. The van der Waals surface area contributed by atoms with Crippen LogP contribution in [0.5, 0.6) is 5.75 Å². The van der Waals surface area contributed by atoms with Crippen LogP contribution in [0.25, 0.3) is 0 Å². The Morgan fingerprint density at radius 2 is 1.95 bits per heavy atom. The molecule has 1 N–H and O–H groups in total. The second-order valence-electron chi connectivity index (χ2n) is 4.85. The molecule has 1 aromatic heterocycles. The van der Waals surface area contributed by atoms with Crippen molar-refractivity contribution in [1.29, 1.82) is 0 Å². The Bertz CT molecular complexity index is 516. The van der Waals surface area contributed by atoms with Crippen LogP contribution in [0.2, 0.25) is 0 Å². The lowest BCUT2D eigenvalue weighted by Gasteiger charge is -2.10. The average Bonchev–Trinajstić information content (AvgIpc) is 2.93. The summed E-state index contributed by atoms with van der Waals surface area (Å²) in [5.41, 5.74) is 3.83. The number of aryl methyl sites for hydroxylation is 2. The number of hydrogen-bond donors (Lipinski definition) is 1. The van der Waals surface area contributed by atoms with Crippen molar-refractivity contribution in [2.24, 2.45) is 0 Å². The second kappa shape index (κ2) is 7.81. The first-order valence-electron chi connectivity index (χ1n) is 6.78. The van der Waals surface area contributed by atoms with Crippen molar-refractivity contribution < 1.29 is 4.74 Å². The van der Waals surface area contributed by atoms with Crippen molar-refractivity contribution >= 4 is 27.3 Å². The Morgan fingerprint density at radius 3 is 2.60 bits per heavy atom. The molecule has 0 fully saturated rings. The van der Waals surface area contributed by atoms with Gasteiger partial charge in [0.15, 0.2) is 0 Å². The summed E-state index contributed by atoms with van der Waals surface area (Å²) in [5.74, 6) is 0.947. The van der Waals surface area contributed by atoms with Gasteiger partial charge in [0.05, 0.1) is 0 Å². The minimum atomic E-state index is 0.699. The van der Waals surface area contributed by atoms with Crippen molar-refractivity contribution in [1.82, 2.24) is 5.32 Å². The number of hydrogen-bond acceptors (Lipinski definition) is 3. The second-order valence-corrected chi connectivity index (χ2v) is 6.42. The smallest absolute Gasteiger partial charge is 0.119 e. The molecule has 1 heterocycles. The van der Waals surface area contributed by atoms with E-state index in [0.717, 1.165) is 25.3 Å². The number of rotatable bonds is 7. The van der Waals surface area contributed by atoms with Gasteiger partial charge in [-0.15, -0.1) is 0 Å². The molecule has 0 amide bonds. The molecule has 0 unspecified atom stereocenters. The average molecular weight is 354 g/mol. The van der Waals surface area contributed by atoms with Gasteiger partial charge in [0.1, 0.15) is 12.4 Å². The van der Waals surface area contributed by atoms with Gasteiger partial charge in [-0.1, -0.05) is 15.9 Å². The van der Waals surface area contributed by atoms with Gasteiger partial charge < -0.3 is 10.1 Å². The van der Waals surface area contributed by atoms with Crippen LogP contribution < -0.4 is 10.1 Å². The van der Waals surface area contributed by atoms with Crippen LogP contribution >= 0.6 is 27.3 Å². The molecule has 0 atom stereocenters. The zero-order valence-corrected chi connectivity index (χ0v) is 14.3. The van der Waals surface area contributed by atoms with Crippen molar-refractivity contribution in [2.45, 2.75) is 20.3 Å². The van der Waals surface area contributed by atoms with Crippen molar-refractivity contribution in [3.8, 4) is 5.75 Å². The van der Waals surface area contributed by atoms with E-state index in [9.17, 15) is 0 Å². The maximum absolute atomic E-state index is 5.78. The summed E-state index contributed by atoms with van der Waals surface area (Å²) in [7, 11) is 0. The Balaban J connectivity index is 1.66. The Labute approximate surface area is 133 Å². The van der Waals surface area contributed by atoms with Gasteiger partial charge in [0.25, 0.3) is 0 Å². The molecule has 0 spiro atoms. The Kier molecular flexibility index (Phi) is 6.07. The van der Waals surface area contributed by atoms with Gasteiger partial charge in [0, 0.05) is 11.0 Å². The third kappa shape index (κ3) is 4.62. The first kappa shape index (κ1) is 15.5. The predicted molar refractivity (Wildman–Crippen MR) is 90.0 cm³/mol. The lowest BCUT2D eigenvalue weighted by molar-refractivity contribution is 0.314. The highest BCUT2D eigenvalue weighted by molar-refractivity contribution is 9.10. The molecule has 20 heavy (non-hydrogen) atoms. The van der Waals surface area contributed by atoms with E-state index in [1.807, 2.05) is 0 Å².